The average molecular weight is 286 g/mol. The van der Waals surface area contributed by atoms with E-state index in [1.165, 1.54) is 0 Å². The van der Waals surface area contributed by atoms with Crippen LogP contribution in [0.1, 0.15) is 66.7 Å². The summed E-state index contributed by atoms with van der Waals surface area (Å²) in [5.74, 6) is -0.764. The topological polar surface area (TPSA) is 78.4 Å². The van der Waals surface area contributed by atoms with Crippen LogP contribution in [0.25, 0.3) is 0 Å². The second-order valence-corrected chi connectivity index (χ2v) is 7.21. The van der Waals surface area contributed by atoms with Crippen LogP contribution in [-0.4, -0.2) is 29.2 Å². The molecule has 0 aromatic heterocycles. The van der Waals surface area contributed by atoms with Crippen LogP contribution in [0.3, 0.4) is 0 Å². The van der Waals surface area contributed by atoms with Crippen molar-refractivity contribution in [3.63, 3.8) is 0 Å². The van der Waals surface area contributed by atoms with Gasteiger partial charge in [0.15, 0.2) is 0 Å². The van der Waals surface area contributed by atoms with E-state index in [9.17, 15) is 9.59 Å². The molecule has 0 atom stereocenters. The zero-order valence-corrected chi connectivity index (χ0v) is 13.5. The first-order valence-electron chi connectivity index (χ1n) is 7.30. The minimum absolute atomic E-state index is 0.155. The molecule has 0 radical (unpaired) electrons. The molecule has 118 valence electrons. The van der Waals surface area contributed by atoms with Gasteiger partial charge in [0.1, 0.15) is 0 Å². The third-order valence-corrected chi connectivity index (χ3v) is 2.78. The fourth-order valence-electron chi connectivity index (χ4n) is 2.50. The SMILES string of the molecule is CC(C)(C)CC(C)(C)NC(=O)NCCCCCC(=O)O. The maximum atomic E-state index is 11.8. The fourth-order valence-corrected chi connectivity index (χ4v) is 2.50. The summed E-state index contributed by atoms with van der Waals surface area (Å²) in [5, 5.41) is 14.3. The maximum absolute atomic E-state index is 11.8. The number of rotatable bonds is 8. The predicted octanol–water partition coefficient (Wildman–Crippen LogP) is 3.15. The van der Waals surface area contributed by atoms with Crippen molar-refractivity contribution in [2.24, 2.45) is 5.41 Å². The third-order valence-electron chi connectivity index (χ3n) is 2.78. The highest BCUT2D eigenvalue weighted by molar-refractivity contribution is 5.74. The van der Waals surface area contributed by atoms with E-state index in [1.54, 1.807) is 0 Å². The van der Waals surface area contributed by atoms with Gasteiger partial charge in [-0.15, -0.1) is 0 Å². The number of carboxylic acid groups (broad SMARTS) is 1. The van der Waals surface area contributed by atoms with E-state index in [1.807, 2.05) is 13.8 Å². The first-order chi connectivity index (χ1) is 9.02. The van der Waals surface area contributed by atoms with Gasteiger partial charge in [0.25, 0.3) is 0 Å². The van der Waals surface area contributed by atoms with Crippen molar-refractivity contribution in [2.45, 2.75) is 72.3 Å². The summed E-state index contributed by atoms with van der Waals surface area (Å²) < 4.78 is 0. The first kappa shape index (κ1) is 18.7. The minimum atomic E-state index is -0.764. The minimum Gasteiger partial charge on any atom is -0.481 e. The number of aliphatic carboxylic acids is 1. The number of carbonyl (C=O) groups is 2. The van der Waals surface area contributed by atoms with Crippen LogP contribution in [-0.2, 0) is 4.79 Å². The second kappa shape index (κ2) is 8.12. The Morgan fingerprint density at radius 2 is 1.60 bits per heavy atom. The summed E-state index contributed by atoms with van der Waals surface area (Å²) in [5.41, 5.74) is -0.0841. The van der Waals surface area contributed by atoms with Crippen LogP contribution in [0.4, 0.5) is 4.79 Å². The molecule has 0 aromatic rings. The van der Waals surface area contributed by atoms with Gasteiger partial charge in [-0.25, -0.2) is 4.79 Å². The lowest BCUT2D eigenvalue weighted by Crippen LogP contribution is -2.50. The largest absolute Gasteiger partial charge is 0.481 e. The van der Waals surface area contributed by atoms with Gasteiger partial charge in [-0.3, -0.25) is 4.79 Å². The van der Waals surface area contributed by atoms with Gasteiger partial charge in [0.05, 0.1) is 0 Å². The van der Waals surface area contributed by atoms with Crippen molar-refractivity contribution in [1.82, 2.24) is 10.6 Å². The molecule has 2 amide bonds. The Balaban J connectivity index is 3.80. The van der Waals surface area contributed by atoms with Gasteiger partial charge < -0.3 is 15.7 Å². The Hall–Kier alpha value is -1.26. The Kier molecular flexibility index (Phi) is 7.61. The molecule has 0 saturated heterocycles. The van der Waals surface area contributed by atoms with Crippen molar-refractivity contribution in [3.05, 3.63) is 0 Å². The van der Waals surface area contributed by atoms with Gasteiger partial charge in [-0.05, 0) is 38.5 Å². The molecule has 0 spiro atoms. The number of hydrogen-bond donors (Lipinski definition) is 3. The average Bonchev–Trinajstić information content (AvgIpc) is 2.17. The summed E-state index contributed by atoms with van der Waals surface area (Å²) in [6.45, 7) is 11.1. The van der Waals surface area contributed by atoms with Crippen molar-refractivity contribution in [2.75, 3.05) is 6.54 Å². The number of nitrogens with one attached hydrogen (secondary N) is 2. The predicted molar refractivity (Wildman–Crippen MR) is 80.8 cm³/mol. The van der Waals surface area contributed by atoms with Crippen LogP contribution in [0, 0.1) is 5.41 Å². The molecule has 0 rings (SSSR count). The smallest absolute Gasteiger partial charge is 0.315 e. The molecule has 0 aliphatic rings. The molecule has 0 saturated carbocycles. The van der Waals surface area contributed by atoms with Gasteiger partial charge >= 0.3 is 12.0 Å². The second-order valence-electron chi connectivity index (χ2n) is 7.21. The maximum Gasteiger partial charge on any atom is 0.315 e. The zero-order valence-electron chi connectivity index (χ0n) is 13.5. The number of amides is 2. The molecule has 0 aliphatic carbocycles. The van der Waals surface area contributed by atoms with E-state index in [2.05, 4.69) is 31.4 Å². The lowest BCUT2D eigenvalue weighted by atomic mass is 9.82. The van der Waals surface area contributed by atoms with Crippen molar-refractivity contribution >= 4 is 12.0 Å². The number of unbranched alkanes of at least 4 members (excludes halogenated alkanes) is 2. The molecule has 5 heteroatoms. The molecule has 0 aliphatic heterocycles. The van der Waals surface area contributed by atoms with Crippen LogP contribution in [0.15, 0.2) is 0 Å². The Morgan fingerprint density at radius 3 is 2.10 bits per heavy atom. The molecular formula is C15H30N2O3. The lowest BCUT2D eigenvalue weighted by Gasteiger charge is -2.33. The van der Waals surface area contributed by atoms with Crippen LogP contribution >= 0.6 is 0 Å². The summed E-state index contributed by atoms with van der Waals surface area (Å²) in [4.78, 5) is 22.1. The molecule has 0 fully saturated rings. The van der Waals surface area contributed by atoms with E-state index in [4.69, 9.17) is 5.11 Å². The summed E-state index contributed by atoms with van der Waals surface area (Å²) in [7, 11) is 0. The lowest BCUT2D eigenvalue weighted by molar-refractivity contribution is -0.137. The molecule has 3 N–H and O–H groups in total. The molecule has 0 unspecified atom stereocenters. The molecule has 0 heterocycles. The van der Waals surface area contributed by atoms with Crippen LogP contribution in [0.5, 0.6) is 0 Å². The summed E-state index contributed by atoms with van der Waals surface area (Å²) in [6.07, 6.45) is 3.38. The highest BCUT2D eigenvalue weighted by Gasteiger charge is 2.26. The zero-order chi connectivity index (χ0) is 15.8. The monoisotopic (exact) mass is 286 g/mol. The van der Waals surface area contributed by atoms with Crippen LogP contribution < -0.4 is 10.6 Å². The quantitative estimate of drug-likeness (QED) is 0.600. The molecule has 0 bridgehead atoms. The van der Waals surface area contributed by atoms with E-state index >= 15 is 0 Å². The van der Waals surface area contributed by atoms with Crippen LogP contribution in [0.2, 0.25) is 0 Å². The standard InChI is InChI=1S/C15H30N2O3/c1-14(2,3)11-15(4,5)17-13(20)16-10-8-6-7-9-12(18)19/h6-11H2,1-5H3,(H,18,19)(H2,16,17,20). The molecule has 5 nitrogen and oxygen atoms in total. The van der Waals surface area contributed by atoms with E-state index in [-0.39, 0.29) is 23.4 Å². The summed E-state index contributed by atoms with van der Waals surface area (Å²) >= 11 is 0. The molecule has 0 aromatic carbocycles. The number of carboxylic acids is 1. The van der Waals surface area contributed by atoms with Gasteiger partial charge in [0, 0.05) is 18.5 Å². The molecular weight excluding hydrogens is 256 g/mol. The molecule has 20 heavy (non-hydrogen) atoms. The van der Waals surface area contributed by atoms with Crippen molar-refractivity contribution in [3.8, 4) is 0 Å². The first-order valence-corrected chi connectivity index (χ1v) is 7.30. The Bertz CT molecular complexity index is 320. The van der Waals surface area contributed by atoms with Crippen molar-refractivity contribution in [1.29, 1.82) is 0 Å². The Labute approximate surface area is 122 Å². The van der Waals surface area contributed by atoms with Gasteiger partial charge in [-0.2, -0.15) is 0 Å². The van der Waals surface area contributed by atoms with E-state index in [0.717, 1.165) is 19.3 Å². The third kappa shape index (κ3) is 11.8. The van der Waals surface area contributed by atoms with Crippen molar-refractivity contribution < 1.29 is 14.7 Å². The number of hydrogen-bond acceptors (Lipinski definition) is 2. The fraction of sp³-hybridized carbons (Fsp3) is 0.867. The number of urea groups is 1. The normalized spacial score (nSPS) is 12.1. The van der Waals surface area contributed by atoms with Gasteiger partial charge in [0.2, 0.25) is 0 Å². The van der Waals surface area contributed by atoms with Gasteiger partial charge in [-0.1, -0.05) is 27.2 Å². The van der Waals surface area contributed by atoms with E-state index < -0.39 is 5.97 Å². The number of carbonyl (C=O) groups excluding carboxylic acids is 1. The highest BCUT2D eigenvalue weighted by Crippen LogP contribution is 2.26. The Morgan fingerprint density at radius 1 is 1.00 bits per heavy atom. The van der Waals surface area contributed by atoms with E-state index in [0.29, 0.717) is 13.0 Å². The highest BCUT2D eigenvalue weighted by atomic mass is 16.4. The summed E-state index contributed by atoms with van der Waals surface area (Å²) in [6, 6.07) is -0.155.